The number of anilines is 1. The number of carbonyl (C=O) groups excluding carboxylic acids is 1. The summed E-state index contributed by atoms with van der Waals surface area (Å²) in [6, 6.07) is 3.22. The minimum Gasteiger partial charge on any atom is -0.466 e. The van der Waals surface area contributed by atoms with Gasteiger partial charge in [-0.2, -0.15) is 18.2 Å². The van der Waals surface area contributed by atoms with Gasteiger partial charge >= 0.3 is 12.1 Å². The minimum atomic E-state index is -4.55. The monoisotopic (exact) mass is 409 g/mol. The number of halogens is 3. The van der Waals surface area contributed by atoms with E-state index in [4.69, 9.17) is 11.5 Å². The fourth-order valence-corrected chi connectivity index (χ4v) is 3.75. The number of nitrogens with zero attached hydrogens (tertiary/aromatic N) is 3. The van der Waals surface area contributed by atoms with Crippen molar-refractivity contribution in [2.24, 2.45) is 21.5 Å². The highest BCUT2D eigenvalue weighted by Crippen LogP contribution is 2.42. The summed E-state index contributed by atoms with van der Waals surface area (Å²) in [5, 5.41) is 0. The number of rotatable bonds is 3. The molecule has 3 rings (SSSR count). The Labute approximate surface area is 165 Å². The van der Waals surface area contributed by atoms with Crippen LogP contribution < -0.4 is 16.4 Å². The highest BCUT2D eigenvalue weighted by molar-refractivity contribution is 6.06. The van der Waals surface area contributed by atoms with E-state index in [1.54, 1.807) is 0 Å². The number of esters is 1. The number of alkyl halides is 3. The van der Waals surface area contributed by atoms with Crippen molar-refractivity contribution in [1.29, 1.82) is 0 Å². The van der Waals surface area contributed by atoms with Crippen molar-refractivity contribution in [2.45, 2.75) is 43.9 Å². The molecule has 1 saturated carbocycles. The SMILES string of the molecule is COC(=O)C=Cc1ccc(C(F)(F)F)cc1N1C(N)=NC(N)=NC12CCCCC2. The fourth-order valence-electron chi connectivity index (χ4n) is 3.75. The summed E-state index contributed by atoms with van der Waals surface area (Å²) in [5.74, 6) is -0.670. The summed E-state index contributed by atoms with van der Waals surface area (Å²) < 4.78 is 44.8. The van der Waals surface area contributed by atoms with E-state index < -0.39 is 23.4 Å². The first kappa shape index (κ1) is 20.7. The number of nitrogens with two attached hydrogens (primary N) is 2. The maximum absolute atomic E-state index is 13.4. The molecule has 0 saturated heterocycles. The lowest BCUT2D eigenvalue weighted by atomic mass is 9.86. The molecule has 0 atom stereocenters. The third-order valence-electron chi connectivity index (χ3n) is 5.05. The second kappa shape index (κ2) is 7.76. The highest BCUT2D eigenvalue weighted by atomic mass is 19.4. The molecule has 0 bridgehead atoms. The molecule has 0 radical (unpaired) electrons. The molecule has 0 unspecified atom stereocenters. The van der Waals surface area contributed by atoms with Gasteiger partial charge < -0.3 is 16.2 Å². The zero-order valence-corrected chi connectivity index (χ0v) is 15.9. The molecule has 1 aliphatic heterocycles. The van der Waals surface area contributed by atoms with E-state index in [0.29, 0.717) is 18.4 Å². The van der Waals surface area contributed by atoms with Crippen molar-refractivity contribution < 1.29 is 22.7 Å². The Hall–Kier alpha value is -3.04. The van der Waals surface area contributed by atoms with Gasteiger partial charge in [0, 0.05) is 6.08 Å². The van der Waals surface area contributed by atoms with Crippen molar-refractivity contribution in [3.05, 3.63) is 35.4 Å². The van der Waals surface area contributed by atoms with Gasteiger partial charge in [0.25, 0.3) is 0 Å². The maximum Gasteiger partial charge on any atom is 0.416 e. The van der Waals surface area contributed by atoms with Crippen LogP contribution in [-0.4, -0.2) is 30.7 Å². The van der Waals surface area contributed by atoms with Gasteiger partial charge in [0.1, 0.15) is 5.66 Å². The number of methoxy groups -OCH3 is 1. The predicted octanol–water partition coefficient (Wildman–Crippen LogP) is 3.00. The average Bonchev–Trinajstić information content (AvgIpc) is 2.65. The number of benzene rings is 1. The number of guanidine groups is 2. The standard InChI is InChI=1S/C19H22F3N5O2/c1-29-15(28)8-6-12-5-7-13(19(20,21)22)11-14(12)27-17(24)25-16(23)26-18(27)9-3-2-4-10-18/h5-8,11H,2-4,9-10H2,1H3,(H4,23,24,25,26). The Kier molecular flexibility index (Phi) is 5.54. The first-order valence-electron chi connectivity index (χ1n) is 9.13. The fraction of sp³-hybridized carbons (Fsp3) is 0.421. The molecule has 156 valence electrons. The van der Waals surface area contributed by atoms with E-state index in [-0.39, 0.29) is 17.6 Å². The van der Waals surface area contributed by atoms with Gasteiger partial charge in [0.05, 0.1) is 18.4 Å². The van der Waals surface area contributed by atoms with Crippen LogP contribution in [0, 0.1) is 0 Å². The number of hydrogen-bond donors (Lipinski definition) is 2. The number of ether oxygens (including phenoxy) is 1. The molecule has 1 heterocycles. The van der Waals surface area contributed by atoms with Crippen LogP contribution in [0.15, 0.2) is 34.3 Å². The van der Waals surface area contributed by atoms with Crippen LogP contribution in [0.3, 0.4) is 0 Å². The summed E-state index contributed by atoms with van der Waals surface area (Å²) in [6.07, 6.45) is 1.74. The molecule has 1 aliphatic carbocycles. The van der Waals surface area contributed by atoms with Crippen LogP contribution in [0.1, 0.15) is 43.2 Å². The molecule has 1 spiro atoms. The first-order chi connectivity index (χ1) is 13.7. The Morgan fingerprint density at radius 3 is 2.55 bits per heavy atom. The average molecular weight is 409 g/mol. The summed E-state index contributed by atoms with van der Waals surface area (Å²) in [4.78, 5) is 21.5. The lowest BCUT2D eigenvalue weighted by molar-refractivity contribution is -0.137. The molecule has 0 amide bonds. The third kappa shape index (κ3) is 4.20. The van der Waals surface area contributed by atoms with E-state index in [1.165, 1.54) is 24.2 Å². The van der Waals surface area contributed by atoms with Gasteiger partial charge in [-0.3, -0.25) is 4.90 Å². The molecule has 1 aromatic rings. The van der Waals surface area contributed by atoms with E-state index in [0.717, 1.165) is 37.5 Å². The van der Waals surface area contributed by atoms with Crippen LogP contribution in [-0.2, 0) is 15.7 Å². The second-order valence-electron chi connectivity index (χ2n) is 6.95. The molecular weight excluding hydrogens is 387 g/mol. The Morgan fingerprint density at radius 1 is 1.24 bits per heavy atom. The first-order valence-corrected chi connectivity index (χ1v) is 9.13. The Balaban J connectivity index is 2.18. The Morgan fingerprint density at radius 2 is 1.93 bits per heavy atom. The topological polar surface area (TPSA) is 106 Å². The number of aliphatic imine (C=N–C) groups is 2. The van der Waals surface area contributed by atoms with Gasteiger partial charge in [-0.25, -0.2) is 9.79 Å². The van der Waals surface area contributed by atoms with Gasteiger partial charge in [0.15, 0.2) is 0 Å². The van der Waals surface area contributed by atoms with Crippen molar-refractivity contribution in [3.8, 4) is 0 Å². The van der Waals surface area contributed by atoms with E-state index >= 15 is 0 Å². The smallest absolute Gasteiger partial charge is 0.416 e. The summed E-state index contributed by atoms with van der Waals surface area (Å²) >= 11 is 0. The molecule has 2 aliphatic rings. The van der Waals surface area contributed by atoms with Gasteiger partial charge in [-0.05, 0) is 49.5 Å². The molecule has 1 aromatic carbocycles. The quantitative estimate of drug-likeness (QED) is 0.590. The van der Waals surface area contributed by atoms with Crippen LogP contribution in [0.25, 0.3) is 6.08 Å². The third-order valence-corrected chi connectivity index (χ3v) is 5.05. The summed E-state index contributed by atoms with van der Waals surface area (Å²) in [5.41, 5.74) is 10.7. The molecular formula is C19H22F3N5O2. The number of hydrogen-bond acceptors (Lipinski definition) is 7. The van der Waals surface area contributed by atoms with Crippen LogP contribution >= 0.6 is 0 Å². The largest absolute Gasteiger partial charge is 0.466 e. The van der Waals surface area contributed by atoms with Crippen molar-refractivity contribution in [1.82, 2.24) is 0 Å². The van der Waals surface area contributed by atoms with Gasteiger partial charge in [0.2, 0.25) is 11.9 Å². The molecule has 7 nitrogen and oxygen atoms in total. The molecule has 0 aromatic heterocycles. The molecule has 29 heavy (non-hydrogen) atoms. The molecule has 1 fully saturated rings. The molecule has 4 N–H and O–H groups in total. The van der Waals surface area contributed by atoms with E-state index in [2.05, 4.69) is 14.7 Å². The van der Waals surface area contributed by atoms with Gasteiger partial charge in [-0.1, -0.05) is 12.5 Å². The Bertz CT molecular complexity index is 886. The van der Waals surface area contributed by atoms with Crippen molar-refractivity contribution >= 4 is 29.7 Å². The van der Waals surface area contributed by atoms with E-state index in [1.807, 2.05) is 0 Å². The second-order valence-corrected chi connectivity index (χ2v) is 6.95. The van der Waals surface area contributed by atoms with Crippen LogP contribution in [0.4, 0.5) is 18.9 Å². The lowest BCUT2D eigenvalue weighted by Crippen LogP contribution is -2.58. The minimum absolute atomic E-state index is 0.000668. The van der Waals surface area contributed by atoms with Crippen LogP contribution in [0.5, 0.6) is 0 Å². The van der Waals surface area contributed by atoms with E-state index in [9.17, 15) is 18.0 Å². The van der Waals surface area contributed by atoms with Crippen LogP contribution in [0.2, 0.25) is 0 Å². The lowest BCUT2D eigenvalue weighted by Gasteiger charge is -2.46. The number of carbonyl (C=O) groups is 1. The van der Waals surface area contributed by atoms with Crippen molar-refractivity contribution in [2.75, 3.05) is 12.0 Å². The molecule has 10 heteroatoms. The predicted molar refractivity (Wildman–Crippen MR) is 104 cm³/mol. The summed E-state index contributed by atoms with van der Waals surface area (Å²) in [7, 11) is 1.21. The normalized spacial score (nSPS) is 19.2. The maximum atomic E-state index is 13.4. The van der Waals surface area contributed by atoms with Gasteiger partial charge in [-0.15, -0.1) is 0 Å². The van der Waals surface area contributed by atoms with Crippen molar-refractivity contribution in [3.63, 3.8) is 0 Å². The highest BCUT2D eigenvalue weighted by Gasteiger charge is 2.44. The summed E-state index contributed by atoms with van der Waals surface area (Å²) in [6.45, 7) is 0. The zero-order chi connectivity index (χ0) is 21.2. The zero-order valence-electron chi connectivity index (χ0n) is 15.9.